The number of anilines is 1. The number of hydrogen-bond donors (Lipinski definition) is 1. The van der Waals surface area contributed by atoms with E-state index in [0.717, 1.165) is 12.1 Å². The Morgan fingerprint density at radius 3 is 2.50 bits per heavy atom. The third-order valence-electron chi connectivity index (χ3n) is 1.99. The molecular weight excluding hydrogens is 196 g/mol. The summed E-state index contributed by atoms with van der Waals surface area (Å²) >= 11 is 5.88. The van der Waals surface area contributed by atoms with Crippen LogP contribution in [0, 0.1) is 5.92 Å². The zero-order valence-corrected chi connectivity index (χ0v) is 9.46. The van der Waals surface area contributed by atoms with E-state index in [2.05, 4.69) is 24.1 Å². The van der Waals surface area contributed by atoms with Gasteiger partial charge in [-0.05, 0) is 24.5 Å². The molecule has 0 saturated carbocycles. The van der Waals surface area contributed by atoms with E-state index in [1.54, 1.807) is 12.4 Å². The number of alkyl halides is 1. The van der Waals surface area contributed by atoms with Crippen LogP contribution in [0.25, 0.3) is 0 Å². The number of aromatic nitrogens is 1. The molecule has 0 aromatic carbocycles. The smallest absolute Gasteiger partial charge is 0.0425 e. The molecule has 1 aromatic rings. The van der Waals surface area contributed by atoms with Crippen molar-refractivity contribution in [3.05, 3.63) is 24.5 Å². The summed E-state index contributed by atoms with van der Waals surface area (Å²) in [6.45, 7) is 4.40. The second kappa shape index (κ2) is 5.86. The molecule has 14 heavy (non-hydrogen) atoms. The Balaban J connectivity index is 2.48. The molecule has 2 nitrogen and oxygen atoms in total. The summed E-state index contributed by atoms with van der Waals surface area (Å²) in [6.07, 6.45) is 4.65. The van der Waals surface area contributed by atoms with Gasteiger partial charge >= 0.3 is 0 Å². The predicted molar refractivity (Wildman–Crippen MR) is 61.8 cm³/mol. The summed E-state index contributed by atoms with van der Waals surface area (Å²) in [5.74, 6) is 1.30. The summed E-state index contributed by atoms with van der Waals surface area (Å²) in [6, 6.07) is 4.26. The number of nitrogens with one attached hydrogen (secondary N) is 1. The van der Waals surface area contributed by atoms with Gasteiger partial charge in [-0.2, -0.15) is 0 Å². The van der Waals surface area contributed by atoms with Gasteiger partial charge in [-0.25, -0.2) is 0 Å². The molecule has 1 unspecified atom stereocenters. The van der Waals surface area contributed by atoms with Crippen molar-refractivity contribution in [1.29, 1.82) is 0 Å². The summed E-state index contributed by atoms with van der Waals surface area (Å²) < 4.78 is 0. The fraction of sp³-hybridized carbons (Fsp3) is 0.545. The van der Waals surface area contributed by atoms with Crippen LogP contribution in [-0.4, -0.2) is 16.9 Å². The highest BCUT2D eigenvalue weighted by Crippen LogP contribution is 2.12. The molecule has 78 valence electrons. The maximum Gasteiger partial charge on any atom is 0.0425 e. The first kappa shape index (κ1) is 11.3. The van der Waals surface area contributed by atoms with E-state index in [1.165, 1.54) is 0 Å². The third-order valence-corrected chi connectivity index (χ3v) is 2.37. The van der Waals surface area contributed by atoms with Crippen LogP contribution in [0.15, 0.2) is 24.5 Å². The van der Waals surface area contributed by atoms with Gasteiger partial charge in [-0.15, -0.1) is 11.6 Å². The average molecular weight is 213 g/mol. The Labute approximate surface area is 90.7 Å². The topological polar surface area (TPSA) is 24.9 Å². The Kier molecular flexibility index (Phi) is 4.74. The molecule has 0 aliphatic rings. The van der Waals surface area contributed by atoms with Gasteiger partial charge in [0, 0.05) is 30.0 Å². The van der Waals surface area contributed by atoms with Crippen LogP contribution in [-0.2, 0) is 0 Å². The second-order valence-electron chi connectivity index (χ2n) is 3.86. The standard InChI is InChI=1S/C11H17ClN2/c1-9(2)7-11(8-12)14-10-3-5-13-6-4-10/h3-6,9,11H,7-8H2,1-2H3,(H,13,14). The second-order valence-corrected chi connectivity index (χ2v) is 4.17. The molecule has 1 aromatic heterocycles. The van der Waals surface area contributed by atoms with Crippen molar-refractivity contribution in [2.24, 2.45) is 5.92 Å². The van der Waals surface area contributed by atoms with E-state index in [4.69, 9.17) is 11.6 Å². The molecule has 0 bridgehead atoms. The zero-order valence-electron chi connectivity index (χ0n) is 8.70. The Bertz CT molecular complexity index is 249. The third kappa shape index (κ3) is 3.97. The zero-order chi connectivity index (χ0) is 10.4. The van der Waals surface area contributed by atoms with E-state index in [-0.39, 0.29) is 0 Å². The van der Waals surface area contributed by atoms with Gasteiger partial charge in [0.05, 0.1) is 0 Å². The maximum absolute atomic E-state index is 5.88. The highest BCUT2D eigenvalue weighted by molar-refractivity contribution is 6.18. The lowest BCUT2D eigenvalue weighted by Gasteiger charge is -2.18. The highest BCUT2D eigenvalue weighted by atomic mass is 35.5. The number of rotatable bonds is 5. The molecule has 0 saturated heterocycles. The molecule has 3 heteroatoms. The van der Waals surface area contributed by atoms with Gasteiger partial charge in [0.1, 0.15) is 0 Å². The normalized spacial score (nSPS) is 12.9. The van der Waals surface area contributed by atoms with Crippen LogP contribution in [0.1, 0.15) is 20.3 Å². The van der Waals surface area contributed by atoms with Crippen molar-refractivity contribution in [2.75, 3.05) is 11.2 Å². The molecule has 0 aliphatic carbocycles. The molecule has 1 rings (SSSR count). The SMILES string of the molecule is CC(C)CC(CCl)Nc1ccncc1. The molecule has 0 spiro atoms. The van der Waals surface area contributed by atoms with E-state index >= 15 is 0 Å². The number of pyridine rings is 1. The Morgan fingerprint density at radius 1 is 1.36 bits per heavy atom. The molecule has 1 heterocycles. The average Bonchev–Trinajstić information content (AvgIpc) is 2.17. The molecule has 0 aliphatic heterocycles. The van der Waals surface area contributed by atoms with Crippen LogP contribution < -0.4 is 5.32 Å². The lowest BCUT2D eigenvalue weighted by molar-refractivity contribution is 0.542. The molecular formula is C11H17ClN2. The number of halogens is 1. The van der Waals surface area contributed by atoms with Gasteiger partial charge in [0.2, 0.25) is 0 Å². The van der Waals surface area contributed by atoms with E-state index in [0.29, 0.717) is 17.8 Å². The van der Waals surface area contributed by atoms with Crippen LogP contribution in [0.4, 0.5) is 5.69 Å². The molecule has 1 atom stereocenters. The lowest BCUT2D eigenvalue weighted by Crippen LogP contribution is -2.23. The van der Waals surface area contributed by atoms with Crippen LogP contribution in [0.3, 0.4) is 0 Å². The van der Waals surface area contributed by atoms with Crippen molar-refractivity contribution >= 4 is 17.3 Å². The first-order valence-electron chi connectivity index (χ1n) is 4.95. The van der Waals surface area contributed by atoms with Crippen molar-refractivity contribution in [3.8, 4) is 0 Å². The van der Waals surface area contributed by atoms with Crippen molar-refractivity contribution in [2.45, 2.75) is 26.3 Å². The number of hydrogen-bond acceptors (Lipinski definition) is 2. The van der Waals surface area contributed by atoms with Crippen molar-refractivity contribution < 1.29 is 0 Å². The lowest BCUT2D eigenvalue weighted by atomic mass is 10.1. The van der Waals surface area contributed by atoms with Crippen LogP contribution in [0.2, 0.25) is 0 Å². The molecule has 0 fully saturated rings. The largest absolute Gasteiger partial charge is 0.381 e. The summed E-state index contributed by atoms with van der Waals surface area (Å²) in [7, 11) is 0. The first-order valence-corrected chi connectivity index (χ1v) is 5.48. The molecule has 0 radical (unpaired) electrons. The van der Waals surface area contributed by atoms with Gasteiger partial charge in [0.15, 0.2) is 0 Å². The van der Waals surface area contributed by atoms with E-state index < -0.39 is 0 Å². The van der Waals surface area contributed by atoms with E-state index in [9.17, 15) is 0 Å². The predicted octanol–water partition coefficient (Wildman–Crippen LogP) is 3.15. The van der Waals surface area contributed by atoms with Gasteiger partial charge in [0.25, 0.3) is 0 Å². The van der Waals surface area contributed by atoms with Crippen molar-refractivity contribution in [1.82, 2.24) is 4.98 Å². The summed E-state index contributed by atoms with van der Waals surface area (Å²) in [4.78, 5) is 3.97. The highest BCUT2D eigenvalue weighted by Gasteiger charge is 2.08. The minimum Gasteiger partial charge on any atom is -0.381 e. The number of nitrogens with zero attached hydrogens (tertiary/aromatic N) is 1. The maximum atomic E-state index is 5.88. The molecule has 0 amide bonds. The quantitative estimate of drug-likeness (QED) is 0.759. The van der Waals surface area contributed by atoms with Gasteiger partial charge in [-0.3, -0.25) is 4.98 Å². The van der Waals surface area contributed by atoms with Crippen molar-refractivity contribution in [3.63, 3.8) is 0 Å². The summed E-state index contributed by atoms with van der Waals surface area (Å²) in [5, 5.41) is 3.39. The van der Waals surface area contributed by atoms with Gasteiger partial charge in [-0.1, -0.05) is 13.8 Å². The van der Waals surface area contributed by atoms with E-state index in [1.807, 2.05) is 12.1 Å². The minimum atomic E-state index is 0.346. The Morgan fingerprint density at radius 2 is 2.00 bits per heavy atom. The summed E-state index contributed by atoms with van der Waals surface area (Å²) in [5.41, 5.74) is 1.09. The van der Waals surface area contributed by atoms with Crippen LogP contribution >= 0.6 is 11.6 Å². The first-order chi connectivity index (χ1) is 6.72. The monoisotopic (exact) mass is 212 g/mol. The van der Waals surface area contributed by atoms with Crippen LogP contribution in [0.5, 0.6) is 0 Å². The Hall–Kier alpha value is -0.760. The fourth-order valence-electron chi connectivity index (χ4n) is 1.41. The fourth-order valence-corrected chi connectivity index (χ4v) is 1.62. The molecule has 1 N–H and O–H groups in total. The van der Waals surface area contributed by atoms with Gasteiger partial charge < -0.3 is 5.32 Å². The minimum absolute atomic E-state index is 0.346.